The van der Waals surface area contributed by atoms with Crippen molar-refractivity contribution < 1.29 is 8.42 Å². The van der Waals surface area contributed by atoms with E-state index >= 15 is 0 Å². The molecule has 1 N–H and O–H groups in total. The number of rotatable bonds is 5. The molecule has 16 heavy (non-hydrogen) atoms. The highest BCUT2D eigenvalue weighted by Crippen LogP contribution is 2.14. The van der Waals surface area contributed by atoms with Crippen molar-refractivity contribution in [1.29, 1.82) is 0 Å². The largest absolute Gasteiger partial charge is 0.213 e. The molecule has 1 rings (SSSR count). The van der Waals surface area contributed by atoms with E-state index in [1.165, 1.54) is 0 Å². The molecule has 0 spiro atoms. The molecule has 0 aliphatic carbocycles. The predicted molar refractivity (Wildman–Crippen MR) is 67.2 cm³/mol. The quantitative estimate of drug-likeness (QED) is 0.826. The molecule has 5 heteroatoms. The first kappa shape index (κ1) is 13.5. The van der Waals surface area contributed by atoms with Crippen molar-refractivity contribution in [3.8, 4) is 0 Å². The van der Waals surface area contributed by atoms with E-state index in [4.69, 9.17) is 11.6 Å². The first-order valence-corrected chi connectivity index (χ1v) is 7.26. The lowest BCUT2D eigenvalue weighted by Crippen LogP contribution is -2.29. The van der Waals surface area contributed by atoms with E-state index in [9.17, 15) is 8.42 Å². The lowest BCUT2D eigenvalue weighted by Gasteiger charge is -2.14. The van der Waals surface area contributed by atoms with Crippen LogP contribution in [0.4, 0.5) is 0 Å². The summed E-state index contributed by atoms with van der Waals surface area (Å²) in [5.41, 5.74) is 2.07. The van der Waals surface area contributed by atoms with Crippen LogP contribution in [0.1, 0.15) is 24.1 Å². The smallest absolute Gasteiger partial charge is 0.212 e. The molecule has 1 aromatic carbocycles. The Morgan fingerprint density at radius 1 is 1.44 bits per heavy atom. The van der Waals surface area contributed by atoms with Gasteiger partial charge in [-0.05, 0) is 19.4 Å². The highest BCUT2D eigenvalue weighted by molar-refractivity contribution is 7.89. The molecular formula is C11H16ClNO2S. The Morgan fingerprint density at radius 3 is 2.69 bits per heavy atom. The Labute approximate surface area is 102 Å². The molecule has 1 atom stereocenters. The number of hydrogen-bond acceptors (Lipinski definition) is 2. The Balaban J connectivity index is 2.76. The second kappa shape index (κ2) is 5.66. The van der Waals surface area contributed by atoms with Crippen LogP contribution < -0.4 is 4.72 Å². The van der Waals surface area contributed by atoms with Gasteiger partial charge in [-0.2, -0.15) is 0 Å². The second-order valence-electron chi connectivity index (χ2n) is 3.76. The van der Waals surface area contributed by atoms with Crippen LogP contribution in [0.2, 0.25) is 0 Å². The maximum Gasteiger partial charge on any atom is 0.213 e. The van der Waals surface area contributed by atoms with Crippen molar-refractivity contribution in [2.24, 2.45) is 0 Å². The molecule has 0 amide bonds. The Hall–Kier alpha value is -0.580. The highest BCUT2D eigenvalue weighted by atomic mass is 35.5. The van der Waals surface area contributed by atoms with E-state index in [1.807, 2.05) is 38.1 Å². The number of alkyl halides is 1. The highest BCUT2D eigenvalue weighted by Gasteiger charge is 2.14. The molecule has 0 unspecified atom stereocenters. The van der Waals surface area contributed by atoms with Gasteiger partial charge in [0.05, 0.1) is 5.75 Å². The van der Waals surface area contributed by atoms with Crippen molar-refractivity contribution >= 4 is 21.6 Å². The van der Waals surface area contributed by atoms with Gasteiger partial charge in [0.1, 0.15) is 0 Å². The molecule has 0 heterocycles. The molecule has 0 aromatic heterocycles. The number of sulfonamides is 1. The molecule has 3 nitrogen and oxygen atoms in total. The summed E-state index contributed by atoms with van der Waals surface area (Å²) in [6.45, 7) is 3.80. The monoisotopic (exact) mass is 261 g/mol. The zero-order valence-electron chi connectivity index (χ0n) is 9.40. The first-order valence-electron chi connectivity index (χ1n) is 5.07. The summed E-state index contributed by atoms with van der Waals surface area (Å²) in [6, 6.07) is 7.53. The van der Waals surface area contributed by atoms with E-state index in [0.717, 1.165) is 11.1 Å². The van der Waals surface area contributed by atoms with Gasteiger partial charge in [0.25, 0.3) is 0 Å². The molecule has 1 aromatic rings. The second-order valence-corrected chi connectivity index (χ2v) is 6.01. The average molecular weight is 262 g/mol. The van der Waals surface area contributed by atoms with Gasteiger partial charge in [-0.3, -0.25) is 0 Å². The van der Waals surface area contributed by atoms with Crippen molar-refractivity contribution in [3.05, 3.63) is 35.4 Å². The van der Waals surface area contributed by atoms with Gasteiger partial charge in [0.15, 0.2) is 0 Å². The van der Waals surface area contributed by atoms with Crippen LogP contribution in [0.5, 0.6) is 0 Å². The summed E-state index contributed by atoms with van der Waals surface area (Å²) >= 11 is 5.42. The summed E-state index contributed by atoms with van der Waals surface area (Å²) in [4.78, 5) is 0. The van der Waals surface area contributed by atoms with Crippen LogP contribution >= 0.6 is 11.6 Å². The molecule has 0 fully saturated rings. The first-order chi connectivity index (χ1) is 7.44. The molecule has 0 saturated carbocycles. The van der Waals surface area contributed by atoms with Crippen molar-refractivity contribution in [2.75, 3.05) is 11.6 Å². The van der Waals surface area contributed by atoms with Crippen LogP contribution in [0.25, 0.3) is 0 Å². The Kier molecular flexibility index (Phi) is 4.77. The lowest BCUT2D eigenvalue weighted by molar-refractivity contribution is 0.568. The molecule has 0 saturated heterocycles. The molecule has 0 radical (unpaired) electrons. The van der Waals surface area contributed by atoms with Crippen LogP contribution in [-0.2, 0) is 10.0 Å². The maximum absolute atomic E-state index is 11.5. The average Bonchev–Trinajstić information content (AvgIpc) is 2.16. The van der Waals surface area contributed by atoms with Crippen LogP contribution in [0, 0.1) is 6.92 Å². The van der Waals surface area contributed by atoms with Crippen LogP contribution in [0.15, 0.2) is 24.3 Å². The minimum absolute atomic E-state index is 0.0509. The standard InChI is InChI=1S/C11H16ClNO2S/c1-9-4-3-5-11(8-9)10(2)13-16(14,15)7-6-12/h3-5,8,10,13H,6-7H2,1-2H3/t10-/m0/s1. The van der Waals surface area contributed by atoms with Gasteiger partial charge in [-0.1, -0.05) is 29.8 Å². The fourth-order valence-electron chi connectivity index (χ4n) is 1.44. The maximum atomic E-state index is 11.5. The molecular weight excluding hydrogens is 246 g/mol. The predicted octanol–water partition coefficient (Wildman–Crippen LogP) is 2.21. The van der Waals surface area contributed by atoms with E-state index in [2.05, 4.69) is 4.72 Å². The zero-order chi connectivity index (χ0) is 12.2. The fourth-order valence-corrected chi connectivity index (χ4v) is 3.04. The lowest BCUT2D eigenvalue weighted by atomic mass is 10.1. The zero-order valence-corrected chi connectivity index (χ0v) is 11.0. The van der Waals surface area contributed by atoms with E-state index in [1.54, 1.807) is 0 Å². The number of halogens is 1. The Bertz CT molecular complexity index is 445. The van der Waals surface area contributed by atoms with Gasteiger partial charge in [-0.15, -0.1) is 11.6 Å². The normalized spacial score (nSPS) is 13.7. The van der Waals surface area contributed by atoms with Gasteiger partial charge in [-0.25, -0.2) is 13.1 Å². The van der Waals surface area contributed by atoms with E-state index in [-0.39, 0.29) is 17.7 Å². The molecule has 90 valence electrons. The minimum atomic E-state index is -3.27. The summed E-state index contributed by atoms with van der Waals surface area (Å²) in [7, 11) is -3.27. The number of nitrogens with one attached hydrogen (secondary N) is 1. The van der Waals surface area contributed by atoms with Gasteiger partial charge in [0.2, 0.25) is 10.0 Å². The molecule has 0 aliphatic rings. The van der Waals surface area contributed by atoms with Crippen molar-refractivity contribution in [2.45, 2.75) is 19.9 Å². The summed E-state index contributed by atoms with van der Waals surface area (Å²) in [5, 5.41) is 0. The van der Waals surface area contributed by atoms with Crippen LogP contribution in [0.3, 0.4) is 0 Å². The molecule has 0 aliphatic heterocycles. The summed E-state index contributed by atoms with van der Waals surface area (Å²) in [6.07, 6.45) is 0. The minimum Gasteiger partial charge on any atom is -0.212 e. The fraction of sp³-hybridized carbons (Fsp3) is 0.455. The van der Waals surface area contributed by atoms with Gasteiger partial charge >= 0.3 is 0 Å². The number of aryl methyl sites for hydroxylation is 1. The van der Waals surface area contributed by atoms with E-state index in [0.29, 0.717) is 0 Å². The topological polar surface area (TPSA) is 46.2 Å². The summed E-state index contributed by atoms with van der Waals surface area (Å²) in [5.74, 6) is 0.0561. The SMILES string of the molecule is Cc1cccc([C@H](C)NS(=O)(=O)CCCl)c1. The Morgan fingerprint density at radius 2 is 2.12 bits per heavy atom. The number of benzene rings is 1. The molecule has 0 bridgehead atoms. The summed E-state index contributed by atoms with van der Waals surface area (Å²) < 4.78 is 25.6. The van der Waals surface area contributed by atoms with Gasteiger partial charge < -0.3 is 0 Å². The third-order valence-corrected chi connectivity index (χ3v) is 4.11. The third kappa shape index (κ3) is 4.12. The van der Waals surface area contributed by atoms with Gasteiger partial charge in [0, 0.05) is 11.9 Å². The third-order valence-electron chi connectivity index (χ3n) is 2.24. The number of hydrogen-bond donors (Lipinski definition) is 1. The van der Waals surface area contributed by atoms with Crippen molar-refractivity contribution in [1.82, 2.24) is 4.72 Å². The van der Waals surface area contributed by atoms with E-state index < -0.39 is 10.0 Å². The van der Waals surface area contributed by atoms with Crippen LogP contribution in [-0.4, -0.2) is 20.1 Å². The van der Waals surface area contributed by atoms with Crippen molar-refractivity contribution in [3.63, 3.8) is 0 Å².